The van der Waals surface area contributed by atoms with E-state index in [1.165, 1.54) is 11.3 Å². The Morgan fingerprint density at radius 3 is 3.06 bits per heavy atom. The number of imidazole rings is 1. The van der Waals surface area contributed by atoms with Crippen LogP contribution >= 0.6 is 11.3 Å². The number of nitrogens with zero attached hydrogens (tertiary/aromatic N) is 2. The number of aromatic nitrogens is 2. The number of hydrogen-bond donors (Lipinski definition) is 2. The molecule has 0 amide bonds. The molecule has 0 unspecified atom stereocenters. The smallest absolute Gasteiger partial charge is 0.237 e. The summed E-state index contributed by atoms with van der Waals surface area (Å²) in [7, 11) is -1.87. The van der Waals surface area contributed by atoms with Gasteiger partial charge in [0.15, 0.2) is 4.96 Å². The number of nitrogens with two attached hydrogens (primary N) is 1. The highest BCUT2D eigenvalue weighted by Gasteiger charge is 2.13. The molecule has 0 aliphatic carbocycles. The fraction of sp³-hybridized carbons (Fsp3) is 0.444. The van der Waals surface area contributed by atoms with Crippen molar-refractivity contribution in [2.24, 2.45) is 5.14 Å². The number of hydrogen-bond acceptors (Lipinski definition) is 6. The van der Waals surface area contributed by atoms with Crippen LogP contribution in [0.3, 0.4) is 0 Å². The Balaban J connectivity index is 2.04. The molecule has 3 N–H and O–H groups in total. The standard InChI is InChI=1S/C9H14N4O3S2/c1-16-8-7(6-11-2-5-18(10,14)15)13-3-4-17-9(13)12-8/h3-4,11H,2,5-6H2,1H3,(H2,10,14,15). The number of sulfonamides is 1. The van der Waals surface area contributed by atoms with E-state index < -0.39 is 10.0 Å². The van der Waals surface area contributed by atoms with Crippen LogP contribution in [0.1, 0.15) is 5.69 Å². The Kier molecular flexibility index (Phi) is 3.85. The van der Waals surface area contributed by atoms with Gasteiger partial charge in [-0.3, -0.25) is 4.40 Å². The van der Waals surface area contributed by atoms with E-state index in [1.807, 2.05) is 16.0 Å². The van der Waals surface area contributed by atoms with Crippen LogP contribution < -0.4 is 15.2 Å². The van der Waals surface area contributed by atoms with E-state index >= 15 is 0 Å². The largest absolute Gasteiger partial charge is 0.480 e. The molecule has 100 valence electrons. The fourth-order valence-corrected chi connectivity index (χ4v) is 2.71. The Morgan fingerprint density at radius 1 is 1.61 bits per heavy atom. The van der Waals surface area contributed by atoms with Crippen molar-refractivity contribution < 1.29 is 13.2 Å². The molecule has 0 aliphatic rings. The lowest BCUT2D eigenvalue weighted by atomic mass is 10.4. The monoisotopic (exact) mass is 290 g/mol. The summed E-state index contributed by atoms with van der Waals surface area (Å²) in [5, 5.41) is 9.85. The quantitative estimate of drug-likeness (QED) is 0.717. The zero-order valence-corrected chi connectivity index (χ0v) is 11.4. The minimum Gasteiger partial charge on any atom is -0.480 e. The van der Waals surface area contributed by atoms with Crippen LogP contribution in [-0.2, 0) is 16.6 Å². The van der Waals surface area contributed by atoms with Crippen LogP contribution in [0.2, 0.25) is 0 Å². The second kappa shape index (κ2) is 5.22. The molecule has 0 aromatic carbocycles. The molecule has 0 spiro atoms. The summed E-state index contributed by atoms with van der Waals surface area (Å²) < 4.78 is 28.7. The van der Waals surface area contributed by atoms with Crippen molar-refractivity contribution in [2.45, 2.75) is 6.54 Å². The number of primary sulfonamides is 1. The third kappa shape index (κ3) is 2.99. The molecule has 0 fully saturated rings. The fourth-order valence-electron chi connectivity index (χ4n) is 1.56. The van der Waals surface area contributed by atoms with Gasteiger partial charge in [0.2, 0.25) is 15.9 Å². The van der Waals surface area contributed by atoms with Gasteiger partial charge in [0.1, 0.15) is 5.69 Å². The van der Waals surface area contributed by atoms with Crippen molar-refractivity contribution in [1.29, 1.82) is 0 Å². The summed E-state index contributed by atoms with van der Waals surface area (Å²) in [6, 6.07) is 0. The predicted octanol–water partition coefficient (Wildman–Crippen LogP) is -0.217. The molecule has 2 heterocycles. The van der Waals surface area contributed by atoms with Crippen molar-refractivity contribution >= 4 is 26.3 Å². The van der Waals surface area contributed by atoms with Crippen LogP contribution in [0.5, 0.6) is 5.88 Å². The summed E-state index contributed by atoms with van der Waals surface area (Å²) >= 11 is 1.51. The zero-order valence-electron chi connectivity index (χ0n) is 9.79. The molecule has 7 nitrogen and oxygen atoms in total. The first kappa shape index (κ1) is 13.3. The number of methoxy groups -OCH3 is 1. The highest BCUT2D eigenvalue weighted by atomic mass is 32.2. The zero-order chi connectivity index (χ0) is 13.2. The van der Waals surface area contributed by atoms with Gasteiger partial charge in [0.05, 0.1) is 12.9 Å². The summed E-state index contributed by atoms with van der Waals surface area (Å²) in [6.07, 6.45) is 1.90. The van der Waals surface area contributed by atoms with Gasteiger partial charge in [-0.1, -0.05) is 0 Å². The van der Waals surface area contributed by atoms with Gasteiger partial charge >= 0.3 is 0 Å². The maximum absolute atomic E-state index is 10.8. The summed E-state index contributed by atoms with van der Waals surface area (Å²) in [5.41, 5.74) is 0.864. The van der Waals surface area contributed by atoms with E-state index in [9.17, 15) is 8.42 Å². The highest BCUT2D eigenvalue weighted by Crippen LogP contribution is 2.22. The molecule has 18 heavy (non-hydrogen) atoms. The van der Waals surface area contributed by atoms with Crippen molar-refractivity contribution in [3.63, 3.8) is 0 Å². The van der Waals surface area contributed by atoms with Gasteiger partial charge in [0.25, 0.3) is 0 Å². The number of rotatable bonds is 6. The third-order valence-electron chi connectivity index (χ3n) is 2.37. The van der Waals surface area contributed by atoms with E-state index in [1.54, 1.807) is 7.11 Å². The minimum atomic E-state index is -3.43. The molecule has 2 rings (SSSR count). The Bertz CT molecular complexity index is 631. The first-order chi connectivity index (χ1) is 8.51. The number of ether oxygens (including phenoxy) is 1. The van der Waals surface area contributed by atoms with E-state index in [0.29, 0.717) is 19.0 Å². The first-order valence-corrected chi connectivity index (χ1v) is 7.80. The minimum absolute atomic E-state index is 0.0963. The second-order valence-corrected chi connectivity index (χ2v) is 6.27. The lowest BCUT2D eigenvalue weighted by molar-refractivity contribution is 0.393. The lowest BCUT2D eigenvalue weighted by Crippen LogP contribution is -2.27. The molecule has 0 radical (unpaired) electrons. The molecule has 0 aliphatic heterocycles. The molecule has 9 heteroatoms. The van der Waals surface area contributed by atoms with Crippen molar-refractivity contribution in [1.82, 2.24) is 14.7 Å². The van der Waals surface area contributed by atoms with E-state index in [0.717, 1.165) is 10.7 Å². The molecular weight excluding hydrogens is 276 g/mol. The Hall–Kier alpha value is -1.16. The van der Waals surface area contributed by atoms with Gasteiger partial charge in [-0.25, -0.2) is 13.6 Å². The van der Waals surface area contributed by atoms with Crippen LogP contribution in [0.25, 0.3) is 4.96 Å². The molecule has 2 aromatic heterocycles. The van der Waals surface area contributed by atoms with Crippen LogP contribution in [0.15, 0.2) is 11.6 Å². The van der Waals surface area contributed by atoms with Gasteiger partial charge in [-0.15, -0.1) is 11.3 Å². The second-order valence-electron chi connectivity index (χ2n) is 3.67. The maximum atomic E-state index is 10.8. The van der Waals surface area contributed by atoms with Crippen LogP contribution in [0, 0.1) is 0 Å². The molecule has 0 saturated carbocycles. The average Bonchev–Trinajstić information content (AvgIpc) is 2.83. The predicted molar refractivity (Wildman–Crippen MR) is 69.3 cm³/mol. The average molecular weight is 290 g/mol. The number of fused-ring (bicyclic) bond motifs is 1. The Labute approximate surface area is 109 Å². The molecule has 2 aromatic rings. The van der Waals surface area contributed by atoms with Crippen molar-refractivity contribution in [3.8, 4) is 5.88 Å². The van der Waals surface area contributed by atoms with Gasteiger partial charge in [-0.05, 0) is 0 Å². The Morgan fingerprint density at radius 2 is 2.39 bits per heavy atom. The molecule has 0 saturated heterocycles. The molecule has 0 atom stereocenters. The molecule has 0 bridgehead atoms. The van der Waals surface area contributed by atoms with Gasteiger partial charge < -0.3 is 10.1 Å². The summed E-state index contributed by atoms with van der Waals surface area (Å²) in [6.45, 7) is 0.760. The maximum Gasteiger partial charge on any atom is 0.237 e. The van der Waals surface area contributed by atoms with E-state index in [-0.39, 0.29) is 5.75 Å². The van der Waals surface area contributed by atoms with Gasteiger partial charge in [-0.2, -0.15) is 4.98 Å². The van der Waals surface area contributed by atoms with Crippen LogP contribution in [0.4, 0.5) is 0 Å². The first-order valence-electron chi connectivity index (χ1n) is 5.21. The van der Waals surface area contributed by atoms with Gasteiger partial charge in [0, 0.05) is 24.7 Å². The normalized spacial score (nSPS) is 12.1. The third-order valence-corrected chi connectivity index (χ3v) is 3.90. The van der Waals surface area contributed by atoms with Crippen molar-refractivity contribution in [3.05, 3.63) is 17.3 Å². The van der Waals surface area contributed by atoms with Crippen molar-refractivity contribution in [2.75, 3.05) is 19.4 Å². The highest BCUT2D eigenvalue weighted by molar-refractivity contribution is 7.89. The molecular formula is C9H14N4O3S2. The summed E-state index contributed by atoms with van der Waals surface area (Å²) in [5.74, 6) is 0.450. The number of thiazole rings is 1. The van der Waals surface area contributed by atoms with E-state index in [2.05, 4.69) is 10.3 Å². The number of nitrogens with one attached hydrogen (secondary N) is 1. The topological polar surface area (TPSA) is 98.7 Å². The SMILES string of the molecule is COc1nc2sccn2c1CNCCS(N)(=O)=O. The lowest BCUT2D eigenvalue weighted by Gasteiger charge is -2.04. The van der Waals surface area contributed by atoms with Crippen LogP contribution in [-0.4, -0.2) is 37.2 Å². The summed E-state index contributed by atoms with van der Waals surface area (Å²) in [4.78, 5) is 5.14. The van der Waals surface area contributed by atoms with E-state index in [4.69, 9.17) is 9.88 Å².